The molecule has 0 saturated heterocycles. The number of aliphatic hydroxyl groups is 1. The summed E-state index contributed by atoms with van der Waals surface area (Å²) < 4.78 is 41.9. The molecule has 1 saturated carbocycles. The molecule has 3 aromatic heterocycles. The Morgan fingerprint density at radius 2 is 2.03 bits per heavy atom. The Kier molecular flexibility index (Phi) is 5.91. The smallest absolute Gasteiger partial charge is 0.382 e. The lowest BCUT2D eigenvalue weighted by Crippen LogP contribution is -2.35. The molecule has 1 aliphatic carbocycles. The van der Waals surface area contributed by atoms with E-state index in [-0.39, 0.29) is 17.8 Å². The molecule has 36 heavy (non-hydrogen) atoms. The molecule has 0 aliphatic heterocycles. The topological polar surface area (TPSA) is 109 Å². The lowest BCUT2D eigenvalue weighted by atomic mass is 10.0. The number of fused-ring (bicyclic) bond motifs is 1. The molecular weight excluding hydrogens is 475 g/mol. The van der Waals surface area contributed by atoms with Gasteiger partial charge in [0.1, 0.15) is 5.69 Å². The summed E-state index contributed by atoms with van der Waals surface area (Å²) in [5.74, 6) is -0.0301. The Balaban J connectivity index is 1.55. The molecule has 12 heteroatoms. The molecule has 1 atom stereocenters. The van der Waals surface area contributed by atoms with E-state index >= 15 is 0 Å². The van der Waals surface area contributed by atoms with E-state index < -0.39 is 18.8 Å². The van der Waals surface area contributed by atoms with Gasteiger partial charge < -0.3 is 15.7 Å². The van der Waals surface area contributed by atoms with Gasteiger partial charge in [-0.3, -0.25) is 13.9 Å². The summed E-state index contributed by atoms with van der Waals surface area (Å²) in [4.78, 5) is 21.4. The summed E-state index contributed by atoms with van der Waals surface area (Å²) in [6.45, 7) is 1.07. The number of hydrogen-bond acceptors (Lipinski definition) is 6. The van der Waals surface area contributed by atoms with Crippen molar-refractivity contribution in [3.8, 4) is 22.6 Å². The van der Waals surface area contributed by atoms with Crippen molar-refractivity contribution in [2.75, 3.05) is 11.9 Å². The van der Waals surface area contributed by atoms with E-state index in [0.717, 1.165) is 24.0 Å². The van der Waals surface area contributed by atoms with E-state index in [0.29, 0.717) is 28.3 Å². The third-order valence-corrected chi connectivity index (χ3v) is 6.10. The summed E-state index contributed by atoms with van der Waals surface area (Å²) in [5, 5.41) is 19.2. The first-order chi connectivity index (χ1) is 17.1. The van der Waals surface area contributed by atoms with Gasteiger partial charge in [0.05, 0.1) is 24.1 Å². The first-order valence-electron chi connectivity index (χ1n) is 11.4. The van der Waals surface area contributed by atoms with Crippen LogP contribution >= 0.6 is 0 Å². The number of amides is 1. The second-order valence-corrected chi connectivity index (χ2v) is 8.87. The molecule has 1 fully saturated rings. The predicted octanol–water partition coefficient (Wildman–Crippen LogP) is 3.33. The third-order valence-electron chi connectivity index (χ3n) is 6.10. The van der Waals surface area contributed by atoms with E-state index in [4.69, 9.17) is 0 Å². The molecule has 0 unspecified atom stereocenters. The van der Waals surface area contributed by atoms with E-state index in [1.165, 1.54) is 0 Å². The fourth-order valence-electron chi connectivity index (χ4n) is 3.95. The number of nitrogens with zero attached hydrogens (tertiary/aromatic N) is 5. The van der Waals surface area contributed by atoms with Crippen LogP contribution in [0, 0.1) is 6.92 Å². The van der Waals surface area contributed by atoms with Crippen LogP contribution in [0.15, 0.2) is 42.9 Å². The monoisotopic (exact) mass is 499 g/mol. The molecule has 4 aromatic rings. The summed E-state index contributed by atoms with van der Waals surface area (Å²) in [6, 6.07) is 7.41. The normalized spacial score (nSPS) is 14.7. The van der Waals surface area contributed by atoms with Crippen LogP contribution in [0.25, 0.3) is 28.3 Å². The first-order valence-corrected chi connectivity index (χ1v) is 11.4. The second-order valence-electron chi connectivity index (χ2n) is 8.87. The number of alkyl halides is 3. The van der Waals surface area contributed by atoms with Gasteiger partial charge in [-0.15, -0.1) is 0 Å². The molecule has 1 aliphatic rings. The zero-order valence-electron chi connectivity index (χ0n) is 19.5. The fraction of sp³-hybridized carbons (Fsp3) is 0.333. The van der Waals surface area contributed by atoms with Crippen LogP contribution in [-0.2, 0) is 7.05 Å². The molecule has 0 radical (unpaired) electrons. The lowest BCUT2D eigenvalue weighted by molar-refractivity contribution is -0.198. The molecule has 0 spiro atoms. The van der Waals surface area contributed by atoms with Crippen molar-refractivity contribution in [1.29, 1.82) is 0 Å². The van der Waals surface area contributed by atoms with Gasteiger partial charge in [-0.05, 0) is 43.5 Å². The van der Waals surface area contributed by atoms with E-state index in [1.54, 1.807) is 46.9 Å². The van der Waals surface area contributed by atoms with Crippen molar-refractivity contribution < 1.29 is 23.1 Å². The molecule has 3 N–H and O–H groups in total. The number of hydrogen-bond donors (Lipinski definition) is 3. The van der Waals surface area contributed by atoms with Crippen molar-refractivity contribution >= 4 is 17.4 Å². The highest BCUT2D eigenvalue weighted by molar-refractivity contribution is 5.96. The van der Waals surface area contributed by atoms with Gasteiger partial charge in [-0.25, -0.2) is 9.97 Å². The van der Waals surface area contributed by atoms with Gasteiger partial charge in [0.15, 0.2) is 17.6 Å². The number of rotatable bonds is 7. The maximum atomic E-state index is 12.9. The van der Waals surface area contributed by atoms with Crippen LogP contribution in [0.5, 0.6) is 0 Å². The Bertz CT molecular complexity index is 1440. The van der Waals surface area contributed by atoms with Crippen LogP contribution in [0.4, 0.5) is 19.0 Å². The lowest BCUT2D eigenvalue weighted by Gasteiger charge is -2.16. The minimum Gasteiger partial charge on any atom is -0.382 e. The zero-order valence-corrected chi connectivity index (χ0v) is 19.5. The van der Waals surface area contributed by atoms with E-state index in [9.17, 15) is 23.1 Å². The van der Waals surface area contributed by atoms with Crippen molar-refractivity contribution in [1.82, 2.24) is 29.5 Å². The first kappa shape index (κ1) is 23.8. The maximum absolute atomic E-state index is 12.9. The Morgan fingerprint density at radius 3 is 2.67 bits per heavy atom. The van der Waals surface area contributed by atoms with Gasteiger partial charge in [0, 0.05) is 36.6 Å². The molecule has 3 heterocycles. The minimum absolute atomic E-state index is 0.0837. The second kappa shape index (κ2) is 8.94. The van der Waals surface area contributed by atoms with Crippen LogP contribution in [-0.4, -0.2) is 60.0 Å². The highest BCUT2D eigenvalue weighted by Gasteiger charge is 2.38. The molecular formula is C24H24F3N7O2. The van der Waals surface area contributed by atoms with Gasteiger partial charge in [-0.2, -0.15) is 18.3 Å². The molecule has 5 rings (SSSR count). The van der Waals surface area contributed by atoms with Gasteiger partial charge in [0.2, 0.25) is 0 Å². The maximum Gasteiger partial charge on any atom is 0.416 e. The standard InChI is InChI=1S/C24H24F3N7O2/c1-13-9-14(3-6-16(13)23(36)31-15-4-5-15)19-10-29-22-21(28-11-20(35)24(25,26)27)32-17(12-34(19)22)18-7-8-30-33(18)2/h3,6-10,12,15,20,35H,4-5,11H2,1-2H3,(H,28,32)(H,31,36)/t20-/m0/s1. The summed E-state index contributed by atoms with van der Waals surface area (Å²) in [6.07, 6.45) is -0.439. The minimum atomic E-state index is -4.77. The van der Waals surface area contributed by atoms with Crippen molar-refractivity contribution in [2.45, 2.75) is 38.1 Å². The Hall–Kier alpha value is -3.93. The van der Waals surface area contributed by atoms with Crippen LogP contribution < -0.4 is 10.6 Å². The van der Waals surface area contributed by atoms with Gasteiger partial charge >= 0.3 is 6.18 Å². The number of carbonyl (C=O) groups is 1. The number of anilines is 1. The number of aromatic nitrogens is 5. The van der Waals surface area contributed by atoms with Crippen molar-refractivity contribution in [2.24, 2.45) is 7.05 Å². The highest BCUT2D eigenvalue weighted by Crippen LogP contribution is 2.29. The van der Waals surface area contributed by atoms with Gasteiger partial charge in [0.25, 0.3) is 5.91 Å². The van der Waals surface area contributed by atoms with Crippen molar-refractivity contribution in [3.05, 3.63) is 54.0 Å². The highest BCUT2D eigenvalue weighted by atomic mass is 19.4. The Morgan fingerprint density at radius 1 is 1.25 bits per heavy atom. The number of nitrogens with one attached hydrogen (secondary N) is 2. The SMILES string of the molecule is Cc1cc(-c2cnc3c(NC[C@H](O)C(F)(F)F)nc(-c4ccnn4C)cn23)ccc1C(=O)NC1CC1. The van der Waals surface area contributed by atoms with Crippen LogP contribution in [0.2, 0.25) is 0 Å². The molecule has 188 valence electrons. The zero-order chi connectivity index (χ0) is 25.6. The number of aryl methyl sites for hydroxylation is 2. The Labute approximate surface area is 204 Å². The van der Waals surface area contributed by atoms with Crippen LogP contribution in [0.1, 0.15) is 28.8 Å². The fourth-order valence-corrected chi connectivity index (χ4v) is 3.95. The van der Waals surface area contributed by atoms with Crippen LogP contribution in [0.3, 0.4) is 0 Å². The van der Waals surface area contributed by atoms with Gasteiger partial charge in [-0.1, -0.05) is 6.07 Å². The average Bonchev–Trinajstić information content (AvgIpc) is 3.36. The molecule has 1 aromatic carbocycles. The quantitative estimate of drug-likeness (QED) is 0.360. The molecule has 1 amide bonds. The van der Waals surface area contributed by atoms with Crippen molar-refractivity contribution in [3.63, 3.8) is 0 Å². The summed E-state index contributed by atoms with van der Waals surface area (Å²) in [5.41, 5.74) is 4.17. The number of carbonyl (C=O) groups excluding carboxylic acids is 1. The van der Waals surface area contributed by atoms with E-state index in [1.807, 2.05) is 19.1 Å². The third kappa shape index (κ3) is 4.63. The summed E-state index contributed by atoms with van der Waals surface area (Å²) in [7, 11) is 1.73. The predicted molar refractivity (Wildman–Crippen MR) is 126 cm³/mol. The number of aliphatic hydroxyl groups excluding tert-OH is 1. The molecule has 9 nitrogen and oxygen atoms in total. The summed E-state index contributed by atoms with van der Waals surface area (Å²) >= 11 is 0. The number of benzene rings is 1. The number of imidazole rings is 1. The number of halogens is 3. The largest absolute Gasteiger partial charge is 0.416 e. The van der Waals surface area contributed by atoms with E-state index in [2.05, 4.69) is 25.7 Å². The molecule has 0 bridgehead atoms. The average molecular weight is 499 g/mol.